The fourth-order valence-electron chi connectivity index (χ4n) is 3.47. The van der Waals surface area contributed by atoms with E-state index in [1.165, 1.54) is 16.7 Å². The van der Waals surface area contributed by atoms with Crippen molar-refractivity contribution in [2.24, 2.45) is 0 Å². The molecule has 1 atom stereocenters. The van der Waals surface area contributed by atoms with Crippen LogP contribution in [0.1, 0.15) is 43.9 Å². The number of ether oxygens (including phenoxy) is 2. The van der Waals surface area contributed by atoms with Gasteiger partial charge in [0, 0.05) is 12.6 Å². The van der Waals surface area contributed by atoms with Crippen LogP contribution in [-0.2, 0) is 28.9 Å². The van der Waals surface area contributed by atoms with Crippen LogP contribution < -0.4 is 10.1 Å². The molecule has 2 aromatic rings. The van der Waals surface area contributed by atoms with Gasteiger partial charge in [-0.05, 0) is 68.9 Å². The summed E-state index contributed by atoms with van der Waals surface area (Å²) in [5.74, 6) is 0.376. The molecule has 3 rings (SSSR count). The Morgan fingerprint density at radius 2 is 1.93 bits per heavy atom. The van der Waals surface area contributed by atoms with Crippen molar-refractivity contribution < 1.29 is 14.3 Å². The Morgan fingerprint density at radius 1 is 1.15 bits per heavy atom. The van der Waals surface area contributed by atoms with E-state index in [1.54, 1.807) is 20.8 Å². The predicted octanol–water partition coefficient (Wildman–Crippen LogP) is 4.05. The van der Waals surface area contributed by atoms with Crippen LogP contribution in [0.3, 0.4) is 0 Å². The third kappa shape index (κ3) is 5.10. The monoisotopic (exact) mass is 367 g/mol. The smallest absolute Gasteiger partial charge is 0.349 e. The number of hydrogen-bond acceptors (Lipinski definition) is 4. The maximum absolute atomic E-state index is 12.1. The maximum atomic E-state index is 12.1. The normalized spacial score (nSPS) is 16.5. The molecule has 0 aromatic heterocycles. The van der Waals surface area contributed by atoms with Gasteiger partial charge in [0.1, 0.15) is 5.75 Å². The molecule has 4 heteroatoms. The Kier molecular flexibility index (Phi) is 6.17. The lowest BCUT2D eigenvalue weighted by molar-refractivity contribution is -0.158. The number of fused-ring (bicyclic) bond motifs is 1. The van der Waals surface area contributed by atoms with E-state index in [2.05, 4.69) is 41.7 Å². The maximum Gasteiger partial charge on any atom is 0.349 e. The Hall–Kier alpha value is -2.33. The summed E-state index contributed by atoms with van der Waals surface area (Å²) < 4.78 is 11.1. The third-order valence-electron chi connectivity index (χ3n) is 4.98. The zero-order valence-electron chi connectivity index (χ0n) is 16.5. The van der Waals surface area contributed by atoms with Gasteiger partial charge < -0.3 is 14.8 Å². The van der Waals surface area contributed by atoms with Crippen molar-refractivity contribution in [2.75, 3.05) is 6.61 Å². The minimum absolute atomic E-state index is 0.342. The first kappa shape index (κ1) is 19.4. The van der Waals surface area contributed by atoms with Gasteiger partial charge in [-0.2, -0.15) is 0 Å². The Bertz CT molecular complexity index is 770. The molecule has 2 aromatic carbocycles. The second-order valence-electron chi connectivity index (χ2n) is 7.57. The lowest BCUT2D eigenvalue weighted by Gasteiger charge is -2.28. The average Bonchev–Trinajstić information content (AvgIpc) is 2.67. The van der Waals surface area contributed by atoms with Gasteiger partial charge in [-0.15, -0.1) is 0 Å². The molecule has 0 saturated carbocycles. The van der Waals surface area contributed by atoms with Gasteiger partial charge in [-0.1, -0.05) is 36.4 Å². The van der Waals surface area contributed by atoms with Crippen molar-refractivity contribution in [3.63, 3.8) is 0 Å². The predicted molar refractivity (Wildman–Crippen MR) is 107 cm³/mol. The van der Waals surface area contributed by atoms with Crippen LogP contribution in [0.2, 0.25) is 0 Å². The summed E-state index contributed by atoms with van der Waals surface area (Å²) in [5, 5.41) is 3.67. The molecular formula is C23H29NO3. The second kappa shape index (κ2) is 8.57. The third-order valence-corrected chi connectivity index (χ3v) is 4.98. The van der Waals surface area contributed by atoms with E-state index in [9.17, 15) is 4.79 Å². The molecule has 0 amide bonds. The van der Waals surface area contributed by atoms with Gasteiger partial charge in [0.15, 0.2) is 5.60 Å². The molecule has 0 aliphatic heterocycles. The largest absolute Gasteiger partial charge is 0.476 e. The molecule has 144 valence electrons. The Balaban J connectivity index is 1.63. The zero-order valence-corrected chi connectivity index (χ0v) is 16.5. The van der Waals surface area contributed by atoms with Gasteiger partial charge in [0.2, 0.25) is 0 Å². The summed E-state index contributed by atoms with van der Waals surface area (Å²) >= 11 is 0. The summed E-state index contributed by atoms with van der Waals surface area (Å²) in [5.41, 5.74) is 2.97. The van der Waals surface area contributed by atoms with Gasteiger partial charge in [-0.3, -0.25) is 0 Å². The summed E-state index contributed by atoms with van der Waals surface area (Å²) in [4.78, 5) is 12.1. The molecule has 0 fully saturated rings. The lowest BCUT2D eigenvalue weighted by Crippen LogP contribution is -2.39. The number of aryl methyl sites for hydroxylation is 1. The van der Waals surface area contributed by atoms with Crippen molar-refractivity contribution in [2.45, 2.75) is 58.2 Å². The van der Waals surface area contributed by atoms with Crippen LogP contribution in [0.5, 0.6) is 5.75 Å². The van der Waals surface area contributed by atoms with Crippen molar-refractivity contribution in [3.05, 3.63) is 65.2 Å². The van der Waals surface area contributed by atoms with Gasteiger partial charge in [0.25, 0.3) is 0 Å². The van der Waals surface area contributed by atoms with Gasteiger partial charge in [-0.25, -0.2) is 4.79 Å². The highest BCUT2D eigenvalue weighted by Gasteiger charge is 2.32. The molecule has 0 saturated heterocycles. The lowest BCUT2D eigenvalue weighted by atomic mass is 9.88. The first-order valence-corrected chi connectivity index (χ1v) is 9.73. The molecule has 1 N–H and O–H groups in total. The zero-order chi connectivity index (χ0) is 19.3. The molecular weight excluding hydrogens is 338 g/mol. The molecule has 0 heterocycles. The molecule has 0 spiro atoms. The fourth-order valence-corrected chi connectivity index (χ4v) is 3.47. The van der Waals surface area contributed by atoms with Gasteiger partial charge >= 0.3 is 5.97 Å². The fraction of sp³-hybridized carbons (Fsp3) is 0.435. The first-order chi connectivity index (χ1) is 13.0. The van der Waals surface area contributed by atoms with Crippen LogP contribution in [-0.4, -0.2) is 24.2 Å². The minimum atomic E-state index is -0.996. The average molecular weight is 367 g/mol. The molecule has 0 unspecified atom stereocenters. The number of carbonyl (C=O) groups is 1. The SMILES string of the molecule is CCOC(=O)C(C)(C)Oc1ccc2c(c1)C[C@@H](NCc1ccccc1)CC2. The van der Waals surface area contributed by atoms with Crippen LogP contribution in [0.4, 0.5) is 0 Å². The standard InChI is InChI=1S/C23H29NO3/c1-4-26-22(25)23(2,3)27-21-13-11-18-10-12-20(14-19(18)15-21)24-16-17-8-6-5-7-9-17/h5-9,11,13,15,20,24H,4,10,12,14,16H2,1-3H3/t20-/m0/s1. The first-order valence-electron chi connectivity index (χ1n) is 9.73. The molecule has 1 aliphatic rings. The topological polar surface area (TPSA) is 47.6 Å². The minimum Gasteiger partial charge on any atom is -0.476 e. The Morgan fingerprint density at radius 3 is 2.67 bits per heavy atom. The van der Waals surface area contributed by atoms with E-state index in [0.717, 1.165) is 31.6 Å². The summed E-state index contributed by atoms with van der Waals surface area (Å²) in [6, 6.07) is 17.1. The second-order valence-corrected chi connectivity index (χ2v) is 7.57. The van der Waals surface area contributed by atoms with E-state index in [0.29, 0.717) is 12.6 Å². The summed E-state index contributed by atoms with van der Waals surface area (Å²) in [7, 11) is 0. The number of nitrogens with one attached hydrogen (secondary N) is 1. The van der Waals surface area contributed by atoms with E-state index in [1.807, 2.05) is 12.1 Å². The van der Waals surface area contributed by atoms with E-state index < -0.39 is 5.60 Å². The summed E-state index contributed by atoms with van der Waals surface area (Å²) in [6.45, 7) is 6.52. The van der Waals surface area contributed by atoms with Crippen molar-refractivity contribution >= 4 is 5.97 Å². The number of carbonyl (C=O) groups excluding carboxylic acids is 1. The van der Waals surface area contributed by atoms with Crippen LogP contribution in [0, 0.1) is 0 Å². The molecule has 1 aliphatic carbocycles. The molecule has 0 bridgehead atoms. The van der Waals surface area contributed by atoms with Crippen molar-refractivity contribution in [1.29, 1.82) is 0 Å². The number of rotatable bonds is 7. The molecule has 4 nitrogen and oxygen atoms in total. The molecule has 0 radical (unpaired) electrons. The van der Waals surface area contributed by atoms with Gasteiger partial charge in [0.05, 0.1) is 6.61 Å². The highest BCUT2D eigenvalue weighted by Crippen LogP contribution is 2.28. The highest BCUT2D eigenvalue weighted by molar-refractivity contribution is 5.79. The van der Waals surface area contributed by atoms with Crippen LogP contribution in [0.15, 0.2) is 48.5 Å². The summed E-state index contributed by atoms with van der Waals surface area (Å²) in [6.07, 6.45) is 3.16. The number of esters is 1. The quantitative estimate of drug-likeness (QED) is 0.750. The van der Waals surface area contributed by atoms with E-state index in [4.69, 9.17) is 9.47 Å². The van der Waals surface area contributed by atoms with E-state index >= 15 is 0 Å². The van der Waals surface area contributed by atoms with Crippen LogP contribution >= 0.6 is 0 Å². The Labute approximate surface area is 161 Å². The number of benzene rings is 2. The highest BCUT2D eigenvalue weighted by atomic mass is 16.6. The van der Waals surface area contributed by atoms with Crippen molar-refractivity contribution in [1.82, 2.24) is 5.32 Å². The van der Waals surface area contributed by atoms with E-state index in [-0.39, 0.29) is 5.97 Å². The van der Waals surface area contributed by atoms with Crippen molar-refractivity contribution in [3.8, 4) is 5.75 Å². The van der Waals surface area contributed by atoms with Crippen LogP contribution in [0.25, 0.3) is 0 Å². The molecule has 27 heavy (non-hydrogen) atoms. The number of hydrogen-bond donors (Lipinski definition) is 1.